The van der Waals surface area contributed by atoms with E-state index in [0.29, 0.717) is 28.8 Å². The normalized spacial score (nSPS) is 12.2. The molecule has 0 spiro atoms. The number of thioether (sulfide) groups is 1. The van der Waals surface area contributed by atoms with Crippen molar-refractivity contribution in [3.8, 4) is 0 Å². The van der Waals surface area contributed by atoms with E-state index in [1.165, 1.54) is 17.3 Å². The van der Waals surface area contributed by atoms with Crippen molar-refractivity contribution >= 4 is 28.6 Å². The monoisotopic (exact) mass is 446 g/mol. The number of rotatable bonds is 8. The molecule has 7 heteroatoms. The fourth-order valence-electron chi connectivity index (χ4n) is 3.58. The van der Waals surface area contributed by atoms with Crippen LogP contribution in [0.3, 0.4) is 0 Å². The molecule has 1 N–H and O–H groups in total. The van der Waals surface area contributed by atoms with Gasteiger partial charge in [-0.25, -0.2) is 9.97 Å². The largest absolute Gasteiger partial charge is 0.451 e. The molecule has 1 unspecified atom stereocenters. The first-order valence-corrected chi connectivity index (χ1v) is 11.4. The quantitative estimate of drug-likeness (QED) is 0.308. The molecule has 0 saturated carbocycles. The lowest BCUT2D eigenvalue weighted by molar-refractivity contribution is 0.0915. The maximum absolute atomic E-state index is 13.2. The molecule has 0 bridgehead atoms. The second-order valence-electron chi connectivity index (χ2n) is 7.83. The number of furan rings is 1. The van der Waals surface area contributed by atoms with Gasteiger partial charge in [0.1, 0.15) is 5.58 Å². The topological polar surface area (TPSA) is 71.3 Å². The Morgan fingerprint density at radius 1 is 1.06 bits per heavy atom. The number of fused-ring (bicyclic) bond motifs is 1. The molecule has 2 aromatic heterocycles. The van der Waals surface area contributed by atoms with Gasteiger partial charge in [-0.15, -0.1) is 0 Å². The van der Waals surface area contributed by atoms with Gasteiger partial charge in [0.2, 0.25) is 0 Å². The van der Waals surface area contributed by atoms with Crippen molar-refractivity contribution in [3.63, 3.8) is 0 Å². The van der Waals surface area contributed by atoms with Crippen molar-refractivity contribution < 1.29 is 9.21 Å². The summed E-state index contributed by atoms with van der Waals surface area (Å²) in [7, 11) is 4.03. The van der Waals surface area contributed by atoms with E-state index in [1.807, 2.05) is 38.4 Å². The number of carbonyl (C=O) groups is 1. The van der Waals surface area contributed by atoms with E-state index < -0.39 is 0 Å². The van der Waals surface area contributed by atoms with Gasteiger partial charge in [-0.2, -0.15) is 0 Å². The lowest BCUT2D eigenvalue weighted by atomic mass is 10.0. The average molecular weight is 447 g/mol. The fourth-order valence-corrected chi connectivity index (χ4v) is 4.41. The number of nitrogens with one attached hydrogen (secondary N) is 1. The van der Waals surface area contributed by atoms with E-state index in [4.69, 9.17) is 4.42 Å². The van der Waals surface area contributed by atoms with Gasteiger partial charge >= 0.3 is 0 Å². The number of aryl methyl sites for hydroxylation is 1. The molecular formula is C25H26N4O2S. The van der Waals surface area contributed by atoms with Crippen LogP contribution < -0.4 is 5.32 Å². The lowest BCUT2D eigenvalue weighted by Crippen LogP contribution is -2.34. The second-order valence-corrected chi connectivity index (χ2v) is 8.77. The smallest absolute Gasteiger partial charge is 0.287 e. The van der Waals surface area contributed by atoms with Crippen LogP contribution in [0, 0.1) is 6.92 Å². The molecule has 2 heterocycles. The van der Waals surface area contributed by atoms with Crippen LogP contribution in [0.1, 0.15) is 33.3 Å². The molecule has 1 amide bonds. The minimum Gasteiger partial charge on any atom is -0.451 e. The molecule has 4 rings (SSSR count). The van der Waals surface area contributed by atoms with Gasteiger partial charge < -0.3 is 14.6 Å². The number of nitrogens with zero attached hydrogens (tertiary/aromatic N) is 3. The van der Waals surface area contributed by atoms with Crippen LogP contribution in [0.4, 0.5) is 0 Å². The van der Waals surface area contributed by atoms with Gasteiger partial charge in [-0.05, 0) is 38.7 Å². The van der Waals surface area contributed by atoms with Crippen LogP contribution in [-0.4, -0.2) is 41.4 Å². The van der Waals surface area contributed by atoms with E-state index in [2.05, 4.69) is 51.4 Å². The zero-order valence-electron chi connectivity index (χ0n) is 18.4. The second kappa shape index (κ2) is 9.97. The van der Waals surface area contributed by atoms with Crippen LogP contribution >= 0.6 is 11.8 Å². The number of likely N-dealkylation sites (N-methyl/N-ethyl adjacent to an activating group) is 1. The van der Waals surface area contributed by atoms with Crippen molar-refractivity contribution in [1.82, 2.24) is 20.2 Å². The maximum atomic E-state index is 13.2. The zero-order chi connectivity index (χ0) is 22.5. The summed E-state index contributed by atoms with van der Waals surface area (Å²) >= 11 is 1.48. The highest BCUT2D eigenvalue weighted by molar-refractivity contribution is 7.98. The predicted molar refractivity (Wildman–Crippen MR) is 128 cm³/mol. The van der Waals surface area contributed by atoms with E-state index in [1.54, 1.807) is 18.5 Å². The van der Waals surface area contributed by atoms with Gasteiger partial charge in [0.25, 0.3) is 5.91 Å². The Bertz CT molecular complexity index is 1190. The molecular weight excluding hydrogens is 420 g/mol. The summed E-state index contributed by atoms with van der Waals surface area (Å²) < 4.78 is 5.98. The Morgan fingerprint density at radius 2 is 1.78 bits per heavy atom. The molecule has 32 heavy (non-hydrogen) atoms. The summed E-state index contributed by atoms with van der Waals surface area (Å²) in [6.45, 7) is 2.54. The molecule has 164 valence electrons. The summed E-state index contributed by atoms with van der Waals surface area (Å²) in [5.74, 6) is 0.666. The van der Waals surface area contributed by atoms with Crippen molar-refractivity contribution in [2.24, 2.45) is 0 Å². The van der Waals surface area contributed by atoms with Gasteiger partial charge in [-0.3, -0.25) is 4.79 Å². The number of para-hydroxylation sites is 1. The first-order valence-electron chi connectivity index (χ1n) is 10.4. The van der Waals surface area contributed by atoms with Crippen LogP contribution in [-0.2, 0) is 5.75 Å². The molecule has 2 aromatic carbocycles. The number of aromatic nitrogens is 2. The molecule has 1 atom stereocenters. The Morgan fingerprint density at radius 3 is 2.50 bits per heavy atom. The van der Waals surface area contributed by atoms with Gasteiger partial charge in [0.15, 0.2) is 10.9 Å². The summed E-state index contributed by atoms with van der Waals surface area (Å²) in [5, 5.41) is 4.68. The van der Waals surface area contributed by atoms with Gasteiger partial charge in [-0.1, -0.05) is 59.8 Å². The number of benzene rings is 2. The van der Waals surface area contributed by atoms with Gasteiger partial charge in [0, 0.05) is 35.6 Å². The minimum absolute atomic E-state index is 0.0551. The van der Waals surface area contributed by atoms with Crippen molar-refractivity contribution in [2.75, 3.05) is 20.6 Å². The number of amides is 1. The van der Waals surface area contributed by atoms with Crippen LogP contribution in [0.5, 0.6) is 0 Å². The first kappa shape index (κ1) is 22.0. The predicted octanol–water partition coefficient (Wildman–Crippen LogP) is 4.86. The molecule has 0 radical (unpaired) electrons. The average Bonchev–Trinajstić information content (AvgIpc) is 3.18. The Hall–Kier alpha value is -3.16. The molecule has 0 saturated heterocycles. The van der Waals surface area contributed by atoms with Crippen molar-refractivity contribution in [3.05, 3.63) is 89.4 Å². The first-order chi connectivity index (χ1) is 15.5. The SMILES string of the molecule is Cc1ccc(C(CNC(=O)c2oc3ccccc3c2CSc2ncccn2)N(C)C)cc1. The Labute approximate surface area is 192 Å². The Balaban J connectivity index is 1.55. The molecule has 0 fully saturated rings. The number of hydrogen-bond donors (Lipinski definition) is 1. The highest BCUT2D eigenvalue weighted by atomic mass is 32.2. The van der Waals surface area contributed by atoms with E-state index in [9.17, 15) is 4.79 Å². The highest BCUT2D eigenvalue weighted by Crippen LogP contribution is 2.31. The lowest BCUT2D eigenvalue weighted by Gasteiger charge is -2.25. The standard InChI is InChI=1S/C25H26N4O2S/c1-17-9-11-18(12-10-17)21(29(2)3)15-28-24(30)23-20(16-32-25-26-13-6-14-27-25)19-7-4-5-8-22(19)31-23/h4-14,21H,15-16H2,1-3H3,(H,28,30). The maximum Gasteiger partial charge on any atom is 0.287 e. The third kappa shape index (κ3) is 5.00. The number of hydrogen-bond acceptors (Lipinski definition) is 6. The van der Waals surface area contributed by atoms with Crippen LogP contribution in [0.15, 0.2) is 76.6 Å². The molecule has 0 aliphatic heterocycles. The summed E-state index contributed by atoms with van der Waals surface area (Å²) in [6.07, 6.45) is 3.42. The summed E-state index contributed by atoms with van der Waals surface area (Å²) in [4.78, 5) is 23.8. The van der Waals surface area contributed by atoms with Crippen molar-refractivity contribution in [2.45, 2.75) is 23.9 Å². The third-order valence-corrected chi connectivity index (χ3v) is 6.24. The molecule has 6 nitrogen and oxygen atoms in total. The van der Waals surface area contributed by atoms with Crippen molar-refractivity contribution in [1.29, 1.82) is 0 Å². The third-order valence-electron chi connectivity index (χ3n) is 5.33. The summed E-state index contributed by atoms with van der Waals surface area (Å²) in [6, 6.07) is 18.0. The number of carbonyl (C=O) groups excluding carboxylic acids is 1. The van der Waals surface area contributed by atoms with Crippen LogP contribution in [0.25, 0.3) is 11.0 Å². The van der Waals surface area contributed by atoms with E-state index in [-0.39, 0.29) is 11.9 Å². The molecule has 0 aliphatic rings. The molecule has 4 aromatic rings. The van der Waals surface area contributed by atoms with E-state index >= 15 is 0 Å². The Kier molecular flexibility index (Phi) is 6.87. The van der Waals surface area contributed by atoms with Gasteiger partial charge in [0.05, 0.1) is 6.04 Å². The zero-order valence-corrected chi connectivity index (χ0v) is 19.2. The minimum atomic E-state index is -0.218. The highest BCUT2D eigenvalue weighted by Gasteiger charge is 2.22. The molecule has 0 aliphatic carbocycles. The van der Waals surface area contributed by atoms with Crippen LogP contribution in [0.2, 0.25) is 0 Å². The van der Waals surface area contributed by atoms with E-state index in [0.717, 1.165) is 16.5 Å². The fraction of sp³-hybridized carbons (Fsp3) is 0.240. The summed E-state index contributed by atoms with van der Waals surface area (Å²) in [5.41, 5.74) is 3.92.